The van der Waals surface area contributed by atoms with Crippen molar-refractivity contribution in [1.82, 2.24) is 19.8 Å². The van der Waals surface area contributed by atoms with E-state index in [-0.39, 0.29) is 18.0 Å². The van der Waals surface area contributed by atoms with Crippen molar-refractivity contribution in [2.75, 3.05) is 19.0 Å². The number of carbonyl (C=O) groups excluding carboxylic acids is 1. The highest BCUT2D eigenvalue weighted by Crippen LogP contribution is 2.39. The number of thiocarbonyl (C=S) groups is 1. The van der Waals surface area contributed by atoms with Gasteiger partial charge in [0.2, 0.25) is 5.91 Å². The number of pyridine rings is 1. The highest BCUT2D eigenvalue weighted by Gasteiger charge is 2.41. The maximum Gasteiger partial charge on any atom is 0.226 e. The van der Waals surface area contributed by atoms with Crippen molar-refractivity contribution in [1.29, 1.82) is 0 Å². The number of hydrogen-bond acceptors (Lipinski definition) is 4. The number of nitrogens with one attached hydrogen (secondary N) is 2. The Morgan fingerprint density at radius 2 is 1.92 bits per heavy atom. The van der Waals surface area contributed by atoms with Crippen molar-refractivity contribution >= 4 is 28.9 Å². The highest BCUT2D eigenvalue weighted by atomic mass is 32.1. The van der Waals surface area contributed by atoms with E-state index in [9.17, 15) is 4.79 Å². The lowest BCUT2D eigenvalue weighted by Crippen LogP contribution is -2.33. The summed E-state index contributed by atoms with van der Waals surface area (Å²) in [5.41, 5.74) is 4.84. The molecule has 1 fully saturated rings. The molecule has 7 nitrogen and oxygen atoms in total. The molecule has 2 N–H and O–H groups in total. The zero-order valence-electron chi connectivity index (χ0n) is 20.8. The number of hydrogen-bond donors (Lipinski definition) is 2. The van der Waals surface area contributed by atoms with E-state index in [1.807, 2.05) is 85.9 Å². The topological polar surface area (TPSA) is 71.4 Å². The van der Waals surface area contributed by atoms with E-state index in [0.717, 1.165) is 34.1 Å². The molecule has 3 heterocycles. The van der Waals surface area contributed by atoms with Gasteiger partial charge in [-0.3, -0.25) is 9.78 Å². The van der Waals surface area contributed by atoms with Crippen LogP contribution in [0.2, 0.25) is 0 Å². The standard InChI is InChI=1S/C29H29N5O2S/c1-20-7-5-8-21(19-20)31-26(35)15-18-34-28(27(32-29(34)37)24-9-3-4-16-30-24)25-10-6-17-33(25)22-11-13-23(36-2)14-12-22/h3-14,16-17,19,27-28H,15,18H2,1-2H3,(H,31,35)(H,32,37)/t27-,28-/m0/s1. The number of amides is 1. The number of ether oxygens (including phenoxy) is 1. The Morgan fingerprint density at radius 1 is 1.08 bits per heavy atom. The van der Waals surface area contributed by atoms with Crippen LogP contribution in [0, 0.1) is 6.92 Å². The van der Waals surface area contributed by atoms with E-state index in [1.54, 1.807) is 13.3 Å². The first-order valence-electron chi connectivity index (χ1n) is 12.2. The van der Waals surface area contributed by atoms with Crippen LogP contribution in [0.3, 0.4) is 0 Å². The number of nitrogens with zero attached hydrogens (tertiary/aromatic N) is 3. The maximum absolute atomic E-state index is 12.8. The first kappa shape index (κ1) is 24.5. The Bertz CT molecular complexity index is 1390. The van der Waals surface area contributed by atoms with Gasteiger partial charge in [-0.15, -0.1) is 0 Å². The van der Waals surface area contributed by atoms with E-state index >= 15 is 0 Å². The number of carbonyl (C=O) groups is 1. The molecule has 5 rings (SSSR count). The zero-order valence-corrected chi connectivity index (χ0v) is 21.6. The van der Waals surface area contributed by atoms with Crippen LogP contribution in [0.4, 0.5) is 5.69 Å². The average molecular weight is 512 g/mol. The Labute approximate surface area is 222 Å². The molecule has 1 aliphatic heterocycles. The molecule has 2 atom stereocenters. The summed E-state index contributed by atoms with van der Waals surface area (Å²) in [7, 11) is 1.66. The highest BCUT2D eigenvalue weighted by molar-refractivity contribution is 7.80. The normalized spacial score (nSPS) is 16.9. The molecule has 188 valence electrons. The molecule has 2 aromatic heterocycles. The lowest BCUT2D eigenvalue weighted by Gasteiger charge is -2.29. The largest absolute Gasteiger partial charge is 0.497 e. The third-order valence-corrected chi connectivity index (χ3v) is 6.87. The number of rotatable bonds is 8. The maximum atomic E-state index is 12.8. The second-order valence-corrected chi connectivity index (χ2v) is 9.38. The summed E-state index contributed by atoms with van der Waals surface area (Å²) in [6.07, 6.45) is 4.12. The fraction of sp³-hybridized carbons (Fsp3) is 0.207. The van der Waals surface area contributed by atoms with Crippen LogP contribution in [0.25, 0.3) is 5.69 Å². The smallest absolute Gasteiger partial charge is 0.226 e. The average Bonchev–Trinajstić information content (AvgIpc) is 3.52. The lowest BCUT2D eigenvalue weighted by molar-refractivity contribution is -0.116. The molecule has 0 saturated carbocycles. The lowest BCUT2D eigenvalue weighted by atomic mass is 10.0. The van der Waals surface area contributed by atoms with Gasteiger partial charge in [-0.1, -0.05) is 18.2 Å². The van der Waals surface area contributed by atoms with Crippen molar-refractivity contribution < 1.29 is 9.53 Å². The number of anilines is 1. The Morgan fingerprint density at radius 3 is 2.65 bits per heavy atom. The van der Waals surface area contributed by atoms with Gasteiger partial charge < -0.3 is 24.8 Å². The summed E-state index contributed by atoms with van der Waals surface area (Å²) < 4.78 is 7.48. The van der Waals surface area contributed by atoms with Gasteiger partial charge in [0.1, 0.15) is 5.75 Å². The van der Waals surface area contributed by atoms with Crippen LogP contribution >= 0.6 is 12.2 Å². The van der Waals surface area contributed by atoms with E-state index in [1.165, 1.54) is 0 Å². The summed E-state index contributed by atoms with van der Waals surface area (Å²) in [6.45, 7) is 2.47. The Kier molecular flexibility index (Phi) is 7.18. The van der Waals surface area contributed by atoms with Gasteiger partial charge in [-0.2, -0.15) is 0 Å². The SMILES string of the molecule is COc1ccc(-n2cccc2[C@H]2[C@H](c3ccccn3)NC(=S)N2CCC(=O)Nc2cccc(C)c2)cc1. The Hall–Kier alpha value is -4.17. The van der Waals surface area contributed by atoms with E-state index < -0.39 is 0 Å². The molecule has 8 heteroatoms. The second kappa shape index (κ2) is 10.8. The van der Waals surface area contributed by atoms with Crippen LogP contribution in [0.1, 0.15) is 35.5 Å². The van der Waals surface area contributed by atoms with Crippen molar-refractivity contribution in [3.8, 4) is 11.4 Å². The fourth-order valence-corrected chi connectivity index (χ4v) is 5.08. The number of benzene rings is 2. The monoisotopic (exact) mass is 511 g/mol. The predicted molar refractivity (Wildman–Crippen MR) is 149 cm³/mol. The predicted octanol–water partition coefficient (Wildman–Crippen LogP) is 5.19. The van der Waals surface area contributed by atoms with Gasteiger partial charge in [0.15, 0.2) is 5.11 Å². The van der Waals surface area contributed by atoms with Crippen LogP contribution in [-0.4, -0.2) is 39.1 Å². The first-order chi connectivity index (χ1) is 18.0. The van der Waals surface area contributed by atoms with Crippen molar-refractivity contribution in [2.45, 2.75) is 25.4 Å². The van der Waals surface area contributed by atoms with Gasteiger partial charge in [0, 0.05) is 42.4 Å². The van der Waals surface area contributed by atoms with Crippen LogP contribution in [-0.2, 0) is 4.79 Å². The molecule has 0 radical (unpaired) electrons. The van der Waals surface area contributed by atoms with Crippen molar-refractivity contribution in [3.05, 3.63) is 108 Å². The second-order valence-electron chi connectivity index (χ2n) is 8.99. The summed E-state index contributed by atoms with van der Waals surface area (Å²) in [6, 6.07) is 25.4. The third-order valence-electron chi connectivity index (χ3n) is 6.51. The van der Waals surface area contributed by atoms with Gasteiger partial charge in [0.25, 0.3) is 0 Å². The molecule has 2 aromatic carbocycles. The van der Waals surface area contributed by atoms with E-state index in [0.29, 0.717) is 18.1 Å². The van der Waals surface area contributed by atoms with Gasteiger partial charge in [-0.05, 0) is 85.4 Å². The first-order valence-corrected chi connectivity index (χ1v) is 12.6. The van der Waals surface area contributed by atoms with E-state index in [4.69, 9.17) is 17.0 Å². The molecule has 0 spiro atoms. The summed E-state index contributed by atoms with van der Waals surface area (Å²) in [4.78, 5) is 19.6. The minimum Gasteiger partial charge on any atom is -0.497 e. The molecule has 1 amide bonds. The molecule has 37 heavy (non-hydrogen) atoms. The number of aryl methyl sites for hydroxylation is 1. The Balaban J connectivity index is 1.43. The molecule has 1 saturated heterocycles. The molecule has 0 unspecified atom stereocenters. The van der Waals surface area contributed by atoms with Crippen molar-refractivity contribution in [3.63, 3.8) is 0 Å². The third kappa shape index (κ3) is 5.34. The van der Waals surface area contributed by atoms with Crippen LogP contribution in [0.5, 0.6) is 5.75 Å². The van der Waals surface area contributed by atoms with E-state index in [2.05, 4.69) is 31.2 Å². The summed E-state index contributed by atoms with van der Waals surface area (Å²) in [5, 5.41) is 7.07. The molecule has 1 aliphatic rings. The van der Waals surface area contributed by atoms with Crippen molar-refractivity contribution in [2.24, 2.45) is 0 Å². The number of aromatic nitrogens is 2. The van der Waals surface area contributed by atoms with Gasteiger partial charge >= 0.3 is 0 Å². The molecule has 0 bridgehead atoms. The summed E-state index contributed by atoms with van der Waals surface area (Å²) in [5.74, 6) is 0.743. The van der Waals surface area contributed by atoms with Gasteiger partial charge in [-0.25, -0.2) is 0 Å². The minimum absolute atomic E-state index is 0.0565. The van der Waals surface area contributed by atoms with Gasteiger partial charge in [0.05, 0.1) is 24.9 Å². The molecular formula is C29H29N5O2S. The van der Waals surface area contributed by atoms with Crippen LogP contribution < -0.4 is 15.4 Å². The number of methoxy groups -OCH3 is 1. The minimum atomic E-state index is -0.166. The zero-order chi connectivity index (χ0) is 25.8. The molecule has 0 aliphatic carbocycles. The molecular weight excluding hydrogens is 482 g/mol. The summed E-state index contributed by atoms with van der Waals surface area (Å²) >= 11 is 5.79. The molecule has 4 aromatic rings. The quantitative estimate of drug-likeness (QED) is 0.317. The van der Waals surface area contributed by atoms with Crippen LogP contribution in [0.15, 0.2) is 91.3 Å². The fourth-order valence-electron chi connectivity index (χ4n) is 4.75.